The van der Waals surface area contributed by atoms with Crippen molar-refractivity contribution < 1.29 is 28.3 Å². The van der Waals surface area contributed by atoms with Gasteiger partial charge in [-0.3, -0.25) is 9.59 Å². The molecular weight excluding hydrogens is 527 g/mol. The van der Waals surface area contributed by atoms with Gasteiger partial charge in [-0.2, -0.15) is 0 Å². The van der Waals surface area contributed by atoms with E-state index in [1.54, 1.807) is 18.2 Å². The Hall–Kier alpha value is -4.73. The van der Waals surface area contributed by atoms with Crippen molar-refractivity contribution in [2.75, 3.05) is 32.1 Å². The number of amides is 4. The summed E-state index contributed by atoms with van der Waals surface area (Å²) in [7, 11) is 1.29. The van der Waals surface area contributed by atoms with Crippen LogP contribution in [0, 0.1) is 5.82 Å². The number of urea groups is 1. The molecule has 1 aliphatic heterocycles. The van der Waals surface area contributed by atoms with Crippen molar-refractivity contribution in [3.8, 4) is 0 Å². The highest BCUT2D eigenvalue weighted by molar-refractivity contribution is 5.99. The first kappa shape index (κ1) is 27.8. The van der Waals surface area contributed by atoms with E-state index in [9.17, 15) is 23.6 Å². The van der Waals surface area contributed by atoms with E-state index in [4.69, 9.17) is 4.74 Å². The molecule has 0 saturated carbocycles. The van der Waals surface area contributed by atoms with E-state index in [1.165, 1.54) is 52.8 Å². The summed E-state index contributed by atoms with van der Waals surface area (Å²) in [6.45, 7) is 0.107. The number of anilines is 1. The van der Waals surface area contributed by atoms with Crippen molar-refractivity contribution in [2.45, 2.75) is 31.3 Å². The van der Waals surface area contributed by atoms with Crippen LogP contribution in [-0.4, -0.2) is 66.4 Å². The van der Waals surface area contributed by atoms with Gasteiger partial charge in [-0.15, -0.1) is 0 Å². The third kappa shape index (κ3) is 6.06. The van der Waals surface area contributed by atoms with Gasteiger partial charge >= 0.3 is 12.0 Å². The maximum Gasteiger partial charge on any atom is 0.337 e. The highest BCUT2D eigenvalue weighted by atomic mass is 19.1. The standard InChI is InChI=1S/C31H31FN4O5/c1-41-30(39)21-13-15-22(16-14-21)33-31(40)35-17-18-36(29(38)24-10-4-5-11-25(24)32)27(19-35)28(37)34-26-12-6-8-20-7-2-3-9-23(20)26/h2-5,7,9-11,13-16,26-27H,6,8,12,17-19H2,1H3,(H,33,40)(H,34,37). The summed E-state index contributed by atoms with van der Waals surface area (Å²) in [6.07, 6.45) is 2.59. The Morgan fingerprint density at radius 1 is 0.927 bits per heavy atom. The third-order valence-corrected chi connectivity index (χ3v) is 7.58. The number of carbonyl (C=O) groups is 4. The summed E-state index contributed by atoms with van der Waals surface area (Å²) >= 11 is 0. The van der Waals surface area contributed by atoms with Crippen LogP contribution in [0.15, 0.2) is 72.8 Å². The number of rotatable bonds is 5. The molecule has 1 fully saturated rings. The summed E-state index contributed by atoms with van der Waals surface area (Å²) in [5.74, 6) is -2.18. The Bertz CT molecular complexity index is 1460. The number of carbonyl (C=O) groups excluding carboxylic acids is 4. The number of piperazine rings is 1. The summed E-state index contributed by atoms with van der Waals surface area (Å²) in [4.78, 5) is 54.9. The highest BCUT2D eigenvalue weighted by Crippen LogP contribution is 2.30. The van der Waals surface area contributed by atoms with Gasteiger partial charge in [0.15, 0.2) is 0 Å². The van der Waals surface area contributed by atoms with Crippen LogP contribution in [0.25, 0.3) is 0 Å². The van der Waals surface area contributed by atoms with E-state index in [0.717, 1.165) is 24.8 Å². The molecule has 3 aromatic carbocycles. The first-order valence-electron chi connectivity index (χ1n) is 13.5. The van der Waals surface area contributed by atoms with Crippen LogP contribution in [0.3, 0.4) is 0 Å². The molecular formula is C31H31FN4O5. The highest BCUT2D eigenvalue weighted by Gasteiger charge is 2.39. The van der Waals surface area contributed by atoms with Gasteiger partial charge in [0, 0.05) is 18.8 Å². The number of nitrogens with zero attached hydrogens (tertiary/aromatic N) is 2. The minimum atomic E-state index is -1.03. The molecule has 0 aromatic heterocycles. The zero-order chi connectivity index (χ0) is 28.9. The van der Waals surface area contributed by atoms with Crippen LogP contribution in [0.5, 0.6) is 0 Å². The average molecular weight is 559 g/mol. The number of ether oxygens (including phenoxy) is 1. The quantitative estimate of drug-likeness (QED) is 0.457. The molecule has 1 saturated heterocycles. The van der Waals surface area contributed by atoms with Crippen molar-refractivity contribution >= 4 is 29.5 Å². The minimum absolute atomic E-state index is 0.0429. The SMILES string of the molecule is COC(=O)c1ccc(NC(=O)N2CCN(C(=O)c3ccccc3F)C(C(=O)NC3CCCc4ccccc43)C2)cc1. The Kier molecular flexibility index (Phi) is 8.28. The molecule has 5 rings (SSSR count). The van der Waals surface area contributed by atoms with Crippen LogP contribution in [0.1, 0.15) is 50.7 Å². The van der Waals surface area contributed by atoms with Gasteiger partial charge in [-0.1, -0.05) is 36.4 Å². The van der Waals surface area contributed by atoms with Crippen LogP contribution in [0.4, 0.5) is 14.9 Å². The molecule has 4 amide bonds. The number of esters is 1. The predicted molar refractivity (Wildman–Crippen MR) is 150 cm³/mol. The fourth-order valence-corrected chi connectivity index (χ4v) is 5.41. The third-order valence-electron chi connectivity index (χ3n) is 7.58. The Morgan fingerprint density at radius 2 is 1.66 bits per heavy atom. The Morgan fingerprint density at radius 3 is 2.41 bits per heavy atom. The number of hydrogen-bond acceptors (Lipinski definition) is 5. The largest absolute Gasteiger partial charge is 0.465 e. The lowest BCUT2D eigenvalue weighted by molar-refractivity contribution is -0.128. The van der Waals surface area contributed by atoms with Crippen molar-refractivity contribution in [2.24, 2.45) is 0 Å². The van der Waals surface area contributed by atoms with Gasteiger partial charge in [0.2, 0.25) is 5.91 Å². The van der Waals surface area contributed by atoms with E-state index in [-0.39, 0.29) is 31.2 Å². The lowest BCUT2D eigenvalue weighted by Gasteiger charge is -2.41. The van der Waals surface area contributed by atoms with E-state index in [1.807, 2.05) is 24.3 Å². The monoisotopic (exact) mass is 558 g/mol. The second-order valence-corrected chi connectivity index (χ2v) is 10.1. The molecule has 2 N–H and O–H groups in total. The fourth-order valence-electron chi connectivity index (χ4n) is 5.41. The smallest absolute Gasteiger partial charge is 0.337 e. The second kappa shape index (κ2) is 12.2. The van der Waals surface area contributed by atoms with Gasteiger partial charge in [0.05, 0.1) is 30.8 Å². The number of fused-ring (bicyclic) bond motifs is 1. The molecule has 0 radical (unpaired) electrons. The molecule has 1 aliphatic carbocycles. The number of benzene rings is 3. The van der Waals surface area contributed by atoms with Crippen molar-refractivity contribution in [1.29, 1.82) is 0 Å². The fraction of sp³-hybridized carbons (Fsp3) is 0.290. The maximum atomic E-state index is 14.6. The summed E-state index contributed by atoms with van der Waals surface area (Å²) in [6, 6.07) is 18.1. The normalized spacial score (nSPS) is 18.2. The van der Waals surface area contributed by atoms with E-state index in [0.29, 0.717) is 11.3 Å². The Balaban J connectivity index is 1.35. The molecule has 10 heteroatoms. The molecule has 2 unspecified atom stereocenters. The summed E-state index contributed by atoms with van der Waals surface area (Å²) in [5, 5.41) is 5.87. The molecule has 41 heavy (non-hydrogen) atoms. The van der Waals surface area contributed by atoms with E-state index in [2.05, 4.69) is 10.6 Å². The predicted octanol–water partition coefficient (Wildman–Crippen LogP) is 4.16. The van der Waals surface area contributed by atoms with Gasteiger partial charge in [-0.05, 0) is 66.8 Å². The van der Waals surface area contributed by atoms with Crippen LogP contribution in [-0.2, 0) is 16.0 Å². The number of nitrogens with one attached hydrogen (secondary N) is 2. The van der Waals surface area contributed by atoms with Crippen LogP contribution >= 0.6 is 0 Å². The first-order valence-corrected chi connectivity index (χ1v) is 13.5. The first-order chi connectivity index (χ1) is 19.9. The van der Waals surface area contributed by atoms with Crippen molar-refractivity contribution in [3.05, 3.63) is 101 Å². The zero-order valence-corrected chi connectivity index (χ0v) is 22.6. The van der Waals surface area contributed by atoms with Gasteiger partial charge < -0.3 is 25.2 Å². The molecule has 9 nitrogen and oxygen atoms in total. The van der Waals surface area contributed by atoms with Crippen LogP contribution in [0.2, 0.25) is 0 Å². The lowest BCUT2D eigenvalue weighted by Crippen LogP contribution is -2.62. The Labute approximate surface area is 237 Å². The molecule has 0 spiro atoms. The number of hydrogen-bond donors (Lipinski definition) is 2. The topological polar surface area (TPSA) is 108 Å². The van der Waals surface area contributed by atoms with Gasteiger partial charge in [-0.25, -0.2) is 14.0 Å². The molecule has 3 aromatic rings. The van der Waals surface area contributed by atoms with Crippen LogP contribution < -0.4 is 10.6 Å². The molecule has 0 bridgehead atoms. The van der Waals surface area contributed by atoms with Gasteiger partial charge in [0.1, 0.15) is 11.9 Å². The number of halogens is 1. The molecule has 212 valence electrons. The van der Waals surface area contributed by atoms with E-state index < -0.39 is 35.7 Å². The maximum absolute atomic E-state index is 14.6. The second-order valence-electron chi connectivity index (χ2n) is 10.1. The molecule has 2 atom stereocenters. The summed E-state index contributed by atoms with van der Waals surface area (Å²) < 4.78 is 19.3. The molecule has 2 aliphatic rings. The van der Waals surface area contributed by atoms with Gasteiger partial charge in [0.25, 0.3) is 5.91 Å². The zero-order valence-electron chi connectivity index (χ0n) is 22.6. The number of methoxy groups -OCH3 is 1. The molecule has 1 heterocycles. The van der Waals surface area contributed by atoms with Crippen molar-refractivity contribution in [3.63, 3.8) is 0 Å². The van der Waals surface area contributed by atoms with Crippen molar-refractivity contribution in [1.82, 2.24) is 15.1 Å². The van der Waals surface area contributed by atoms with E-state index >= 15 is 0 Å². The number of aryl methyl sites for hydroxylation is 1. The lowest BCUT2D eigenvalue weighted by atomic mass is 9.87. The summed E-state index contributed by atoms with van der Waals surface area (Å²) in [5.41, 5.74) is 2.88. The average Bonchev–Trinajstić information content (AvgIpc) is 3.00. The minimum Gasteiger partial charge on any atom is -0.465 e.